The first kappa shape index (κ1) is 19.3. The first-order valence-electron chi connectivity index (χ1n) is 9.94. The van der Waals surface area contributed by atoms with Crippen LogP contribution in [0.3, 0.4) is 0 Å². The van der Waals surface area contributed by atoms with Gasteiger partial charge in [-0.1, -0.05) is 29.3 Å². The van der Waals surface area contributed by atoms with Crippen molar-refractivity contribution in [3.8, 4) is 11.3 Å². The molecule has 1 aliphatic heterocycles. The van der Waals surface area contributed by atoms with E-state index >= 15 is 0 Å². The molecule has 1 aromatic heterocycles. The maximum absolute atomic E-state index is 14.1. The topological polar surface area (TPSA) is 58.3 Å². The summed E-state index contributed by atoms with van der Waals surface area (Å²) in [5, 5.41) is 0. The second kappa shape index (κ2) is 8.17. The van der Waals surface area contributed by atoms with Crippen molar-refractivity contribution in [1.29, 1.82) is 0 Å². The number of rotatable bonds is 4. The van der Waals surface area contributed by atoms with E-state index in [9.17, 15) is 4.39 Å². The minimum absolute atomic E-state index is 0.181. The van der Waals surface area contributed by atoms with Crippen LogP contribution in [0.5, 0.6) is 0 Å². The van der Waals surface area contributed by atoms with Crippen LogP contribution in [0.25, 0.3) is 11.3 Å². The summed E-state index contributed by atoms with van der Waals surface area (Å²) in [6, 6.07) is 15.3. The van der Waals surface area contributed by atoms with E-state index in [2.05, 4.69) is 46.8 Å². The molecule has 0 amide bonds. The fourth-order valence-corrected chi connectivity index (χ4v) is 3.86. The molecule has 29 heavy (non-hydrogen) atoms. The number of halogens is 1. The van der Waals surface area contributed by atoms with Crippen LogP contribution in [0.15, 0.2) is 48.5 Å². The lowest BCUT2D eigenvalue weighted by molar-refractivity contribution is 0.593. The van der Waals surface area contributed by atoms with E-state index < -0.39 is 0 Å². The predicted molar refractivity (Wildman–Crippen MR) is 116 cm³/mol. The van der Waals surface area contributed by atoms with Crippen LogP contribution < -0.4 is 15.5 Å². The van der Waals surface area contributed by atoms with Crippen molar-refractivity contribution < 1.29 is 4.39 Å². The molecule has 2 heterocycles. The summed E-state index contributed by atoms with van der Waals surface area (Å²) in [5.74, 6) is 0.509. The number of aryl methyl sites for hydroxylation is 2. The summed E-state index contributed by atoms with van der Waals surface area (Å²) in [4.78, 5) is 13.7. The van der Waals surface area contributed by atoms with Crippen LogP contribution >= 0.6 is 0 Å². The average molecular weight is 391 g/mol. The maximum atomic E-state index is 14.1. The number of nitrogens with two attached hydrogens (primary N) is 1. The Morgan fingerprint density at radius 3 is 2.21 bits per heavy atom. The zero-order chi connectivity index (χ0) is 20.4. The molecule has 4 rings (SSSR count). The number of aromatic nitrogens is 2. The van der Waals surface area contributed by atoms with Gasteiger partial charge in [0, 0.05) is 38.3 Å². The Labute approximate surface area is 171 Å². The summed E-state index contributed by atoms with van der Waals surface area (Å²) in [6.45, 7) is 7.44. The normalized spacial score (nSPS) is 14.3. The van der Waals surface area contributed by atoms with E-state index in [0.717, 1.165) is 43.1 Å². The SMILES string of the molecule is Cc1cc(C)cc(-c2cc(CN)nc(N3CCN(c4ccccc4F)CC3)n2)c1. The first-order chi connectivity index (χ1) is 14.0. The van der Waals surface area contributed by atoms with Crippen molar-refractivity contribution in [2.45, 2.75) is 20.4 Å². The van der Waals surface area contributed by atoms with E-state index in [4.69, 9.17) is 10.7 Å². The molecule has 1 saturated heterocycles. The molecule has 0 radical (unpaired) electrons. The highest BCUT2D eigenvalue weighted by atomic mass is 19.1. The number of piperazine rings is 1. The minimum Gasteiger partial charge on any atom is -0.366 e. The number of nitrogens with zero attached hydrogens (tertiary/aromatic N) is 4. The quantitative estimate of drug-likeness (QED) is 0.735. The molecule has 3 aromatic rings. The average Bonchev–Trinajstić information content (AvgIpc) is 2.73. The van der Waals surface area contributed by atoms with Crippen molar-refractivity contribution in [2.75, 3.05) is 36.0 Å². The van der Waals surface area contributed by atoms with Crippen LogP contribution in [-0.4, -0.2) is 36.1 Å². The molecular weight excluding hydrogens is 365 g/mol. The molecule has 150 valence electrons. The lowest BCUT2D eigenvalue weighted by Gasteiger charge is -2.36. The highest BCUT2D eigenvalue weighted by Gasteiger charge is 2.22. The lowest BCUT2D eigenvalue weighted by Crippen LogP contribution is -2.47. The van der Waals surface area contributed by atoms with Gasteiger partial charge in [-0.15, -0.1) is 0 Å². The van der Waals surface area contributed by atoms with E-state index in [1.54, 1.807) is 6.07 Å². The summed E-state index contributed by atoms with van der Waals surface area (Å²) < 4.78 is 14.1. The highest BCUT2D eigenvalue weighted by molar-refractivity contribution is 5.63. The summed E-state index contributed by atoms with van der Waals surface area (Å²) >= 11 is 0. The fourth-order valence-electron chi connectivity index (χ4n) is 3.86. The van der Waals surface area contributed by atoms with Gasteiger partial charge in [-0.05, 0) is 44.2 Å². The molecule has 6 heteroatoms. The molecule has 0 unspecified atom stereocenters. The third-order valence-electron chi connectivity index (χ3n) is 5.25. The standard InChI is InChI=1S/C23H26FN5/c1-16-11-17(2)13-18(12-16)21-14-19(15-25)26-23(27-21)29-9-7-28(8-10-29)22-6-4-3-5-20(22)24/h3-6,11-14H,7-10,15,25H2,1-2H3. The molecule has 0 bridgehead atoms. The Morgan fingerprint density at radius 2 is 1.55 bits per heavy atom. The zero-order valence-corrected chi connectivity index (χ0v) is 16.9. The van der Waals surface area contributed by atoms with Crippen molar-refractivity contribution in [3.05, 3.63) is 71.2 Å². The van der Waals surface area contributed by atoms with Gasteiger partial charge in [0.05, 0.1) is 17.1 Å². The molecule has 2 N–H and O–H groups in total. The third-order valence-corrected chi connectivity index (χ3v) is 5.25. The van der Waals surface area contributed by atoms with Gasteiger partial charge in [0.1, 0.15) is 5.82 Å². The molecule has 5 nitrogen and oxygen atoms in total. The van der Waals surface area contributed by atoms with Gasteiger partial charge < -0.3 is 15.5 Å². The molecular formula is C23H26FN5. The molecule has 1 aliphatic rings. The van der Waals surface area contributed by atoms with Gasteiger partial charge in [-0.3, -0.25) is 0 Å². The van der Waals surface area contributed by atoms with Gasteiger partial charge >= 0.3 is 0 Å². The second-order valence-electron chi connectivity index (χ2n) is 7.55. The van der Waals surface area contributed by atoms with Gasteiger partial charge in [-0.25, -0.2) is 14.4 Å². The Balaban J connectivity index is 1.58. The van der Waals surface area contributed by atoms with Gasteiger partial charge in [-0.2, -0.15) is 0 Å². The van der Waals surface area contributed by atoms with Gasteiger partial charge in [0.15, 0.2) is 0 Å². The first-order valence-corrected chi connectivity index (χ1v) is 9.94. The Bertz CT molecular complexity index is 992. The zero-order valence-electron chi connectivity index (χ0n) is 16.9. The monoisotopic (exact) mass is 391 g/mol. The Hall–Kier alpha value is -2.99. The summed E-state index contributed by atoms with van der Waals surface area (Å²) in [7, 11) is 0. The van der Waals surface area contributed by atoms with Crippen molar-refractivity contribution in [2.24, 2.45) is 5.73 Å². The van der Waals surface area contributed by atoms with E-state index in [0.29, 0.717) is 18.2 Å². The maximum Gasteiger partial charge on any atom is 0.226 e. The van der Waals surface area contributed by atoms with E-state index in [1.165, 1.54) is 17.2 Å². The lowest BCUT2D eigenvalue weighted by atomic mass is 10.0. The van der Waals surface area contributed by atoms with Crippen LogP contribution in [0.4, 0.5) is 16.0 Å². The Kier molecular flexibility index (Phi) is 5.45. The summed E-state index contributed by atoms with van der Waals surface area (Å²) in [6.07, 6.45) is 0. The largest absolute Gasteiger partial charge is 0.366 e. The van der Waals surface area contributed by atoms with E-state index in [1.807, 2.05) is 18.2 Å². The molecule has 2 aromatic carbocycles. The number of para-hydroxylation sites is 1. The smallest absolute Gasteiger partial charge is 0.226 e. The highest BCUT2D eigenvalue weighted by Crippen LogP contribution is 2.25. The molecule has 0 aliphatic carbocycles. The number of anilines is 2. The third kappa shape index (κ3) is 4.22. The number of hydrogen-bond acceptors (Lipinski definition) is 5. The van der Waals surface area contributed by atoms with Crippen molar-refractivity contribution in [3.63, 3.8) is 0 Å². The van der Waals surface area contributed by atoms with Gasteiger partial charge in [0.25, 0.3) is 0 Å². The number of hydrogen-bond donors (Lipinski definition) is 1. The molecule has 1 fully saturated rings. The predicted octanol–water partition coefficient (Wildman–Crippen LogP) is 3.68. The van der Waals surface area contributed by atoms with Crippen molar-refractivity contribution in [1.82, 2.24) is 9.97 Å². The molecule has 0 spiro atoms. The molecule has 0 atom stereocenters. The van der Waals surface area contributed by atoms with Crippen molar-refractivity contribution >= 4 is 11.6 Å². The number of benzene rings is 2. The van der Waals surface area contributed by atoms with Crippen LogP contribution in [0.2, 0.25) is 0 Å². The van der Waals surface area contributed by atoms with E-state index in [-0.39, 0.29) is 5.82 Å². The molecule has 0 saturated carbocycles. The Morgan fingerprint density at radius 1 is 0.897 bits per heavy atom. The van der Waals surface area contributed by atoms with Crippen LogP contribution in [0.1, 0.15) is 16.8 Å². The second-order valence-corrected chi connectivity index (χ2v) is 7.55. The van der Waals surface area contributed by atoms with Crippen LogP contribution in [0, 0.1) is 19.7 Å². The van der Waals surface area contributed by atoms with Crippen LogP contribution in [-0.2, 0) is 6.54 Å². The minimum atomic E-state index is -0.181. The summed E-state index contributed by atoms with van der Waals surface area (Å²) in [5.41, 5.74) is 11.7. The fraction of sp³-hybridized carbons (Fsp3) is 0.304. The van der Waals surface area contributed by atoms with Gasteiger partial charge in [0.2, 0.25) is 5.95 Å².